The van der Waals surface area contributed by atoms with E-state index < -0.39 is 0 Å². The van der Waals surface area contributed by atoms with Crippen LogP contribution in [-0.4, -0.2) is 0 Å². The van der Waals surface area contributed by atoms with Crippen LogP contribution in [0.1, 0.15) is 89.0 Å². The maximum Gasteiger partial charge on any atom is 0.221 e. The molecule has 2 unspecified atom stereocenters. The second-order valence-corrected chi connectivity index (χ2v) is 10.9. The minimum atomic E-state index is -0.353. The van der Waals surface area contributed by atoms with Gasteiger partial charge in [0.05, 0.1) is 16.4 Å². The van der Waals surface area contributed by atoms with Gasteiger partial charge in [-0.1, -0.05) is 52.3 Å². The molecule has 0 bridgehead atoms. The molecule has 3 aromatic rings. The Morgan fingerprint density at radius 1 is 1.00 bits per heavy atom. The predicted octanol–water partition coefficient (Wildman–Crippen LogP) is 7.09. The van der Waals surface area contributed by atoms with Gasteiger partial charge < -0.3 is 0 Å². The average molecular weight is 415 g/mol. The molecule has 1 fully saturated rings. The van der Waals surface area contributed by atoms with E-state index in [-0.39, 0.29) is 22.2 Å². The second-order valence-electron chi connectivity index (χ2n) is 10.9. The number of aromatic nitrogens is 1. The molecule has 0 spiro atoms. The van der Waals surface area contributed by atoms with E-state index in [0.29, 0.717) is 0 Å². The maximum atomic E-state index is 15.6. The van der Waals surface area contributed by atoms with E-state index in [1.54, 1.807) is 6.07 Å². The van der Waals surface area contributed by atoms with E-state index in [2.05, 4.69) is 69.6 Å². The second kappa shape index (κ2) is 5.97. The summed E-state index contributed by atoms with van der Waals surface area (Å²) in [4.78, 5) is 0. The molecule has 2 atom stereocenters. The Hall–Kier alpha value is -2.22. The first kappa shape index (κ1) is 19.5. The Bertz CT molecular complexity index is 1270. The summed E-state index contributed by atoms with van der Waals surface area (Å²) < 4.78 is 18.2. The summed E-state index contributed by atoms with van der Waals surface area (Å²) in [5.41, 5.74) is 7.25. The molecule has 1 saturated carbocycles. The zero-order chi connectivity index (χ0) is 21.8. The van der Waals surface area contributed by atoms with Crippen LogP contribution < -0.4 is 4.57 Å². The number of aryl methyl sites for hydroxylation is 1. The van der Waals surface area contributed by atoms with Crippen molar-refractivity contribution in [3.05, 3.63) is 64.6 Å². The van der Waals surface area contributed by atoms with E-state index in [1.165, 1.54) is 64.4 Å². The van der Waals surface area contributed by atoms with Gasteiger partial charge in [-0.15, -0.1) is 0 Å². The smallest absolute Gasteiger partial charge is 0.207 e. The van der Waals surface area contributed by atoms with Gasteiger partial charge in [0.1, 0.15) is 5.82 Å². The van der Waals surface area contributed by atoms with Crippen molar-refractivity contribution in [1.82, 2.24) is 0 Å². The molecule has 0 N–H and O–H groups in total. The van der Waals surface area contributed by atoms with Crippen LogP contribution in [0.2, 0.25) is 0 Å². The van der Waals surface area contributed by atoms with E-state index >= 15 is 4.39 Å². The van der Waals surface area contributed by atoms with Crippen molar-refractivity contribution in [3.63, 3.8) is 0 Å². The summed E-state index contributed by atoms with van der Waals surface area (Å²) in [5.74, 6) is -0.0520. The minimum Gasteiger partial charge on any atom is -0.207 e. The number of hydrogen-bond donors (Lipinski definition) is 0. The molecule has 2 aliphatic carbocycles. The first-order valence-electron chi connectivity index (χ1n) is 12.2. The van der Waals surface area contributed by atoms with Crippen molar-refractivity contribution < 1.29 is 8.96 Å². The Morgan fingerprint density at radius 2 is 1.81 bits per heavy atom. The predicted molar refractivity (Wildman–Crippen MR) is 125 cm³/mol. The molecule has 0 saturated heterocycles. The van der Waals surface area contributed by atoms with Crippen molar-refractivity contribution in [2.24, 2.45) is 0 Å². The van der Waals surface area contributed by atoms with Crippen molar-refractivity contribution in [1.29, 1.82) is 0 Å². The maximum absolute atomic E-state index is 15.6. The fraction of sp³-hybridized carbons (Fsp3) is 0.483. The van der Waals surface area contributed by atoms with E-state index in [4.69, 9.17) is 0 Å². The van der Waals surface area contributed by atoms with Gasteiger partial charge in [0.15, 0.2) is 11.7 Å². The van der Waals surface area contributed by atoms with E-state index in [0.717, 1.165) is 18.4 Å². The lowest BCUT2D eigenvalue weighted by atomic mass is 9.48. The van der Waals surface area contributed by atoms with Crippen LogP contribution >= 0.6 is 0 Å². The molecule has 2 heteroatoms. The fourth-order valence-electron chi connectivity index (χ4n) is 7.42. The number of benzene rings is 2. The Balaban J connectivity index is 1.80. The molecular formula is C29H33FN+. The molecule has 0 amide bonds. The molecule has 160 valence electrons. The van der Waals surface area contributed by atoms with Crippen LogP contribution in [-0.2, 0) is 22.8 Å². The van der Waals surface area contributed by atoms with Crippen LogP contribution in [0.15, 0.2) is 36.5 Å². The molecule has 2 heterocycles. The highest BCUT2D eigenvalue weighted by molar-refractivity contribution is 6.01. The number of pyridine rings is 1. The molecule has 31 heavy (non-hydrogen) atoms. The van der Waals surface area contributed by atoms with Crippen molar-refractivity contribution in [2.45, 2.75) is 89.5 Å². The molecular weight excluding hydrogens is 381 g/mol. The molecule has 1 aromatic heterocycles. The highest BCUT2D eigenvalue weighted by atomic mass is 19.1. The van der Waals surface area contributed by atoms with Crippen molar-refractivity contribution in [2.75, 3.05) is 0 Å². The molecule has 0 radical (unpaired) electrons. The highest BCUT2D eigenvalue weighted by Crippen LogP contribution is 2.63. The molecule has 1 aliphatic heterocycles. The Labute approximate surface area is 185 Å². The van der Waals surface area contributed by atoms with Gasteiger partial charge in [-0.25, -0.2) is 4.39 Å². The summed E-state index contributed by atoms with van der Waals surface area (Å²) in [6.45, 7) is 11.5. The number of rotatable bonds is 4. The number of nitrogens with zero attached hydrogens (tertiary/aromatic N) is 1. The van der Waals surface area contributed by atoms with Crippen LogP contribution in [0.25, 0.3) is 22.0 Å². The lowest BCUT2D eigenvalue weighted by Crippen LogP contribution is -2.75. The van der Waals surface area contributed by atoms with E-state index in [1.807, 2.05) is 0 Å². The fourth-order valence-corrected chi connectivity index (χ4v) is 7.42. The molecule has 6 rings (SSSR count). The Kier molecular flexibility index (Phi) is 3.75. The summed E-state index contributed by atoms with van der Waals surface area (Å²) in [5, 5.41) is 2.67. The first-order valence-corrected chi connectivity index (χ1v) is 12.2. The monoisotopic (exact) mass is 414 g/mol. The van der Waals surface area contributed by atoms with Crippen molar-refractivity contribution in [3.8, 4) is 11.3 Å². The lowest BCUT2D eigenvalue weighted by Gasteiger charge is -2.57. The third-order valence-electron chi connectivity index (χ3n) is 9.32. The van der Waals surface area contributed by atoms with Crippen LogP contribution in [0.5, 0.6) is 0 Å². The van der Waals surface area contributed by atoms with Gasteiger partial charge in [0.25, 0.3) is 0 Å². The SMILES string of the molecule is CCCCc1cc2c3c4[n+](ccc3c1)C1(CC)CCC1(C)c1ccc(F)c(c1-4)C2(C)C. The third kappa shape index (κ3) is 2.06. The minimum absolute atomic E-state index is 0.0520. The molecule has 1 nitrogen and oxygen atoms in total. The first-order chi connectivity index (χ1) is 14.8. The van der Waals surface area contributed by atoms with Gasteiger partial charge in [-0.05, 0) is 54.3 Å². The van der Waals surface area contributed by atoms with Gasteiger partial charge in [-0.2, -0.15) is 4.57 Å². The standard InChI is InChI=1S/C29H33FN/c1-6-8-9-18-16-19-12-15-31-26-23(19)21(17-18)27(3,4)25-22(30)11-10-20(24(25)26)28(5)13-14-29(28,31)7-2/h10-12,15-17H,6-9,13-14H2,1-5H3/q+1. The van der Waals surface area contributed by atoms with Gasteiger partial charge in [0, 0.05) is 29.9 Å². The zero-order valence-electron chi connectivity index (χ0n) is 19.5. The number of fused-ring (bicyclic) bond motifs is 3. The van der Waals surface area contributed by atoms with E-state index in [9.17, 15) is 0 Å². The van der Waals surface area contributed by atoms with Crippen LogP contribution in [0.3, 0.4) is 0 Å². The molecule has 2 aromatic carbocycles. The van der Waals surface area contributed by atoms with Gasteiger partial charge in [-0.3, -0.25) is 0 Å². The van der Waals surface area contributed by atoms with Gasteiger partial charge >= 0.3 is 0 Å². The Morgan fingerprint density at radius 3 is 2.48 bits per heavy atom. The van der Waals surface area contributed by atoms with Gasteiger partial charge in [0.2, 0.25) is 5.69 Å². The largest absolute Gasteiger partial charge is 0.221 e. The van der Waals surface area contributed by atoms with Crippen molar-refractivity contribution >= 4 is 10.8 Å². The van der Waals surface area contributed by atoms with Crippen LogP contribution in [0, 0.1) is 5.82 Å². The highest BCUT2D eigenvalue weighted by Gasteiger charge is 2.68. The summed E-state index contributed by atoms with van der Waals surface area (Å²) in [6, 6.07) is 11.0. The topological polar surface area (TPSA) is 3.88 Å². The lowest BCUT2D eigenvalue weighted by molar-refractivity contribution is -0.781. The number of unbranched alkanes of at least 4 members (excludes halogenated alkanes) is 1. The zero-order valence-corrected chi connectivity index (χ0v) is 19.5. The quantitative estimate of drug-likeness (QED) is 0.401. The summed E-state index contributed by atoms with van der Waals surface area (Å²) in [6.07, 6.45) is 9.27. The normalized spacial score (nSPS) is 26.5. The summed E-state index contributed by atoms with van der Waals surface area (Å²) in [7, 11) is 0. The number of halogens is 1. The molecule has 3 aliphatic rings. The number of hydrogen-bond acceptors (Lipinski definition) is 0. The summed E-state index contributed by atoms with van der Waals surface area (Å²) >= 11 is 0. The van der Waals surface area contributed by atoms with Crippen LogP contribution in [0.4, 0.5) is 4.39 Å². The third-order valence-corrected chi connectivity index (χ3v) is 9.32. The average Bonchev–Trinajstić information content (AvgIpc) is 2.74.